The number of nitrogens with one attached hydrogen (secondary N) is 2. The van der Waals surface area contributed by atoms with Gasteiger partial charge in [0.15, 0.2) is 0 Å². The molecule has 3 N–H and O–H groups in total. The van der Waals surface area contributed by atoms with Gasteiger partial charge in [0.2, 0.25) is 10.0 Å². The number of aromatic carboxylic acids is 1. The van der Waals surface area contributed by atoms with Crippen molar-refractivity contribution in [3.8, 4) is 17.1 Å². The first kappa shape index (κ1) is 21.5. The molecule has 2 aromatic carbocycles. The second kappa shape index (κ2) is 7.54. The molecule has 0 fully saturated rings. The maximum Gasteiger partial charge on any atom is 0.335 e. The Bertz CT molecular complexity index is 1310. The highest BCUT2D eigenvalue weighted by Gasteiger charge is 2.24. The van der Waals surface area contributed by atoms with Crippen molar-refractivity contribution >= 4 is 26.9 Å². The highest BCUT2D eigenvalue weighted by molar-refractivity contribution is 7.89. The van der Waals surface area contributed by atoms with E-state index in [1.807, 2.05) is 0 Å². The van der Waals surface area contributed by atoms with Crippen LogP contribution in [0.5, 0.6) is 5.75 Å². The number of benzene rings is 2. The van der Waals surface area contributed by atoms with E-state index >= 15 is 0 Å². The van der Waals surface area contributed by atoms with Gasteiger partial charge in [0.25, 0.3) is 5.56 Å². The zero-order valence-electron chi connectivity index (χ0n) is 16.8. The number of aromatic nitrogens is 2. The molecule has 0 spiro atoms. The van der Waals surface area contributed by atoms with Gasteiger partial charge in [0, 0.05) is 5.54 Å². The number of sulfonamides is 1. The van der Waals surface area contributed by atoms with Crippen molar-refractivity contribution in [1.82, 2.24) is 14.7 Å². The van der Waals surface area contributed by atoms with Crippen molar-refractivity contribution in [3.63, 3.8) is 0 Å². The Kier molecular flexibility index (Phi) is 5.40. The Morgan fingerprint density at radius 2 is 1.87 bits per heavy atom. The van der Waals surface area contributed by atoms with Crippen LogP contribution in [-0.4, -0.2) is 42.1 Å². The fourth-order valence-corrected chi connectivity index (χ4v) is 4.34. The molecule has 0 amide bonds. The van der Waals surface area contributed by atoms with Crippen LogP contribution in [0.4, 0.5) is 0 Å². The summed E-state index contributed by atoms with van der Waals surface area (Å²) in [6.45, 7) is 5.17. The van der Waals surface area contributed by atoms with E-state index in [0.29, 0.717) is 5.75 Å². The molecule has 0 saturated heterocycles. The van der Waals surface area contributed by atoms with Crippen LogP contribution in [0.2, 0.25) is 0 Å². The van der Waals surface area contributed by atoms with E-state index in [4.69, 9.17) is 9.84 Å². The topological polar surface area (TPSA) is 138 Å². The van der Waals surface area contributed by atoms with E-state index in [9.17, 15) is 18.0 Å². The van der Waals surface area contributed by atoms with Crippen molar-refractivity contribution in [1.29, 1.82) is 0 Å². The predicted octanol–water partition coefficient (Wildman–Crippen LogP) is 2.37. The maximum absolute atomic E-state index is 12.7. The fraction of sp³-hybridized carbons (Fsp3) is 0.250. The summed E-state index contributed by atoms with van der Waals surface area (Å²) >= 11 is 0. The Labute approximate surface area is 172 Å². The summed E-state index contributed by atoms with van der Waals surface area (Å²) in [7, 11) is -2.42. The van der Waals surface area contributed by atoms with Gasteiger partial charge < -0.3 is 14.8 Å². The van der Waals surface area contributed by atoms with E-state index < -0.39 is 27.1 Å². The summed E-state index contributed by atoms with van der Waals surface area (Å²) in [6, 6.07) is 8.23. The van der Waals surface area contributed by atoms with Gasteiger partial charge in [-0.05, 0) is 57.2 Å². The number of fused-ring (bicyclic) bond motifs is 1. The number of hydrogen-bond donors (Lipinski definition) is 3. The van der Waals surface area contributed by atoms with Gasteiger partial charge in [-0.3, -0.25) is 4.79 Å². The van der Waals surface area contributed by atoms with Gasteiger partial charge in [-0.15, -0.1) is 0 Å². The normalized spacial score (nSPS) is 12.1. The molecule has 1 heterocycles. The van der Waals surface area contributed by atoms with Crippen LogP contribution >= 0.6 is 0 Å². The molecule has 0 unspecified atom stereocenters. The number of aromatic amines is 1. The maximum atomic E-state index is 12.7. The smallest absolute Gasteiger partial charge is 0.335 e. The fourth-order valence-electron chi connectivity index (χ4n) is 2.90. The number of hydrogen-bond acceptors (Lipinski definition) is 6. The van der Waals surface area contributed by atoms with Crippen molar-refractivity contribution in [3.05, 3.63) is 52.3 Å². The van der Waals surface area contributed by atoms with E-state index in [2.05, 4.69) is 14.7 Å². The molecule has 3 rings (SSSR count). The zero-order valence-corrected chi connectivity index (χ0v) is 17.6. The lowest BCUT2D eigenvalue weighted by molar-refractivity contribution is 0.0697. The Morgan fingerprint density at radius 1 is 1.17 bits per heavy atom. The van der Waals surface area contributed by atoms with Crippen LogP contribution in [-0.2, 0) is 10.0 Å². The lowest BCUT2D eigenvalue weighted by Gasteiger charge is -2.21. The van der Waals surface area contributed by atoms with Crippen LogP contribution in [0.25, 0.3) is 22.3 Å². The predicted molar refractivity (Wildman–Crippen MR) is 111 cm³/mol. The Morgan fingerprint density at radius 3 is 2.47 bits per heavy atom. The van der Waals surface area contributed by atoms with Gasteiger partial charge in [-0.1, -0.05) is 0 Å². The molecule has 1 aromatic heterocycles. The first-order valence-electron chi connectivity index (χ1n) is 8.91. The van der Waals surface area contributed by atoms with Crippen LogP contribution in [0.3, 0.4) is 0 Å². The standard InChI is InChI=1S/C20H21N3O6S/c1-20(2,3)23-30(27,28)12-6-8-16(29-4)14(10-12)17-21-15-7-5-11(19(25)26)9-13(15)18(24)22-17/h5-10,23H,1-4H3,(H,25,26)(H,21,22,24). The largest absolute Gasteiger partial charge is 0.496 e. The Balaban J connectivity index is 2.19. The highest BCUT2D eigenvalue weighted by Crippen LogP contribution is 2.30. The molecule has 0 saturated carbocycles. The molecule has 0 aliphatic heterocycles. The molecule has 0 aliphatic carbocycles. The summed E-state index contributed by atoms with van der Waals surface area (Å²) in [6.07, 6.45) is 0. The van der Waals surface area contributed by atoms with Crippen LogP contribution < -0.4 is 15.0 Å². The minimum Gasteiger partial charge on any atom is -0.496 e. The number of ether oxygens (including phenoxy) is 1. The molecule has 0 radical (unpaired) electrons. The van der Waals surface area contributed by atoms with E-state index in [0.717, 1.165) is 0 Å². The van der Waals surface area contributed by atoms with Crippen LogP contribution in [0, 0.1) is 0 Å². The number of carbonyl (C=O) groups is 1. The molecule has 9 nitrogen and oxygen atoms in total. The van der Waals surface area contributed by atoms with E-state index in [1.165, 1.54) is 43.5 Å². The van der Waals surface area contributed by atoms with E-state index in [-0.39, 0.29) is 32.7 Å². The van der Waals surface area contributed by atoms with Crippen LogP contribution in [0.15, 0.2) is 46.1 Å². The van der Waals surface area contributed by atoms with Gasteiger partial charge >= 0.3 is 5.97 Å². The van der Waals surface area contributed by atoms with Crippen molar-refractivity contribution in [2.24, 2.45) is 0 Å². The summed E-state index contributed by atoms with van der Waals surface area (Å²) in [5, 5.41) is 9.22. The minimum atomic E-state index is -3.83. The number of rotatable bonds is 5. The zero-order chi connectivity index (χ0) is 22.3. The van der Waals surface area contributed by atoms with E-state index in [1.54, 1.807) is 20.8 Å². The molecule has 0 aliphatic rings. The molecule has 158 valence electrons. The molecular formula is C20H21N3O6S. The van der Waals surface area contributed by atoms with Gasteiger partial charge in [-0.25, -0.2) is 22.9 Å². The monoisotopic (exact) mass is 431 g/mol. The number of carboxylic acids is 1. The first-order valence-corrected chi connectivity index (χ1v) is 10.4. The third-order valence-electron chi connectivity index (χ3n) is 4.13. The minimum absolute atomic E-state index is 0.0165. The summed E-state index contributed by atoms with van der Waals surface area (Å²) in [5.74, 6) is -0.749. The van der Waals surface area contributed by atoms with Gasteiger partial charge in [0.1, 0.15) is 11.6 Å². The molecule has 0 atom stereocenters. The quantitative estimate of drug-likeness (QED) is 0.564. The highest BCUT2D eigenvalue weighted by atomic mass is 32.2. The lowest BCUT2D eigenvalue weighted by Crippen LogP contribution is -2.40. The number of methoxy groups -OCH3 is 1. The summed E-state index contributed by atoms with van der Waals surface area (Å²) in [5.41, 5.74) is -0.740. The van der Waals surface area contributed by atoms with Gasteiger partial charge in [0.05, 0.1) is 34.0 Å². The van der Waals surface area contributed by atoms with Crippen molar-refractivity contribution < 1.29 is 23.1 Å². The first-order chi connectivity index (χ1) is 13.9. The number of H-pyrrole nitrogens is 1. The lowest BCUT2D eigenvalue weighted by atomic mass is 10.1. The second-order valence-corrected chi connectivity index (χ2v) is 9.35. The summed E-state index contributed by atoms with van der Waals surface area (Å²) < 4.78 is 33.3. The second-order valence-electron chi connectivity index (χ2n) is 7.67. The number of carboxylic acid groups (broad SMARTS) is 1. The third-order valence-corrected chi connectivity index (χ3v) is 5.88. The average Bonchev–Trinajstić information content (AvgIpc) is 2.65. The van der Waals surface area contributed by atoms with Crippen molar-refractivity contribution in [2.45, 2.75) is 31.2 Å². The third kappa shape index (κ3) is 4.34. The summed E-state index contributed by atoms with van der Waals surface area (Å²) in [4.78, 5) is 30.6. The number of nitrogens with zero attached hydrogens (tertiary/aromatic N) is 1. The molecule has 0 bridgehead atoms. The Hall–Kier alpha value is -3.24. The SMILES string of the molecule is COc1ccc(S(=O)(=O)NC(C)(C)C)cc1-c1nc2ccc(C(=O)O)cc2c(=O)[nH]1. The van der Waals surface area contributed by atoms with Crippen molar-refractivity contribution in [2.75, 3.05) is 7.11 Å². The van der Waals surface area contributed by atoms with Gasteiger partial charge in [-0.2, -0.15) is 0 Å². The average molecular weight is 431 g/mol. The molecule has 30 heavy (non-hydrogen) atoms. The molecule has 3 aromatic rings. The molecule has 10 heteroatoms. The molecular weight excluding hydrogens is 410 g/mol. The van der Waals surface area contributed by atoms with Crippen LogP contribution in [0.1, 0.15) is 31.1 Å².